The molecule has 2 aliphatic rings. The van der Waals surface area contributed by atoms with Crippen molar-refractivity contribution < 1.29 is 9.90 Å². The lowest BCUT2D eigenvalue weighted by Crippen LogP contribution is -2.18. The maximum atomic E-state index is 11.9. The molecule has 0 saturated heterocycles. The van der Waals surface area contributed by atoms with Crippen molar-refractivity contribution in [3.05, 3.63) is 76.4 Å². The van der Waals surface area contributed by atoms with Crippen LogP contribution in [0.3, 0.4) is 0 Å². The van der Waals surface area contributed by atoms with E-state index in [2.05, 4.69) is 36.4 Å². The monoisotopic (exact) mass is 290 g/mol. The molecular weight excluding hydrogens is 272 g/mol. The first-order valence-corrected chi connectivity index (χ1v) is 7.77. The van der Waals surface area contributed by atoms with Crippen LogP contribution in [0.25, 0.3) is 5.57 Å². The van der Waals surface area contributed by atoms with Crippen molar-refractivity contribution in [3.8, 4) is 0 Å². The molecule has 2 aliphatic carbocycles. The molecular formula is C20H18O2. The smallest absolute Gasteiger partial charge is 0.332 e. The van der Waals surface area contributed by atoms with E-state index in [0.29, 0.717) is 11.5 Å². The van der Waals surface area contributed by atoms with Crippen LogP contribution in [-0.2, 0) is 17.6 Å². The predicted molar refractivity (Wildman–Crippen MR) is 86.8 cm³/mol. The topological polar surface area (TPSA) is 37.3 Å². The van der Waals surface area contributed by atoms with Crippen molar-refractivity contribution in [2.24, 2.45) is 5.92 Å². The molecule has 4 rings (SSSR count). The number of carboxylic acid groups (broad SMARTS) is 1. The summed E-state index contributed by atoms with van der Waals surface area (Å²) in [6, 6.07) is 16.7. The third-order valence-electron chi connectivity index (χ3n) is 5.20. The van der Waals surface area contributed by atoms with Gasteiger partial charge in [0.1, 0.15) is 0 Å². The highest BCUT2D eigenvalue weighted by Gasteiger charge is 2.40. The van der Waals surface area contributed by atoms with Crippen molar-refractivity contribution in [1.29, 1.82) is 0 Å². The highest BCUT2D eigenvalue weighted by molar-refractivity contribution is 6.01. The van der Waals surface area contributed by atoms with Gasteiger partial charge < -0.3 is 5.11 Å². The van der Waals surface area contributed by atoms with E-state index in [9.17, 15) is 9.90 Å². The summed E-state index contributed by atoms with van der Waals surface area (Å²) >= 11 is 0. The van der Waals surface area contributed by atoms with Crippen LogP contribution in [0.15, 0.2) is 54.1 Å². The lowest BCUT2D eigenvalue weighted by molar-refractivity contribution is -0.133. The largest absolute Gasteiger partial charge is 0.478 e. The molecule has 0 fully saturated rings. The second-order valence-corrected chi connectivity index (χ2v) is 6.35. The number of carbonyl (C=O) groups is 1. The molecule has 2 nitrogen and oxygen atoms in total. The molecule has 1 atom stereocenters. The quantitative estimate of drug-likeness (QED) is 0.905. The number of benzene rings is 2. The van der Waals surface area contributed by atoms with Crippen molar-refractivity contribution >= 4 is 11.5 Å². The average molecular weight is 290 g/mol. The summed E-state index contributed by atoms with van der Waals surface area (Å²) < 4.78 is 0. The van der Waals surface area contributed by atoms with E-state index in [0.717, 1.165) is 24.0 Å². The van der Waals surface area contributed by atoms with Crippen LogP contribution in [0.5, 0.6) is 0 Å². The third-order valence-corrected chi connectivity index (χ3v) is 5.20. The van der Waals surface area contributed by atoms with Crippen molar-refractivity contribution in [2.45, 2.75) is 25.7 Å². The molecule has 0 heterocycles. The van der Waals surface area contributed by atoms with E-state index in [1.54, 1.807) is 0 Å². The summed E-state index contributed by atoms with van der Waals surface area (Å²) in [5.41, 5.74) is 6.58. The Balaban J connectivity index is 1.80. The standard InChI is InChI=1S/C20H18O2/c1-12-16-8-4-5-9-17(16)19(18(12)20(21)22)15-10-13-6-2-3-7-14(13)11-15/h2-9,15,19H,10-11H2,1H3,(H,21,22). The Labute approximate surface area is 130 Å². The van der Waals surface area contributed by atoms with Crippen LogP contribution >= 0.6 is 0 Å². The number of carboxylic acids is 1. The van der Waals surface area contributed by atoms with Gasteiger partial charge in [-0.3, -0.25) is 0 Å². The van der Waals surface area contributed by atoms with Gasteiger partial charge in [0.25, 0.3) is 0 Å². The minimum atomic E-state index is -0.769. The minimum absolute atomic E-state index is 0.0149. The minimum Gasteiger partial charge on any atom is -0.478 e. The first-order chi connectivity index (χ1) is 10.7. The molecule has 0 aliphatic heterocycles. The summed E-state index contributed by atoms with van der Waals surface area (Å²) in [5.74, 6) is -0.405. The van der Waals surface area contributed by atoms with Crippen LogP contribution in [0, 0.1) is 5.92 Å². The van der Waals surface area contributed by atoms with Crippen LogP contribution in [-0.4, -0.2) is 11.1 Å². The fourth-order valence-electron chi connectivity index (χ4n) is 4.26. The van der Waals surface area contributed by atoms with Crippen LogP contribution < -0.4 is 0 Å². The van der Waals surface area contributed by atoms with Gasteiger partial charge >= 0.3 is 5.97 Å². The van der Waals surface area contributed by atoms with Crippen LogP contribution in [0.1, 0.15) is 35.1 Å². The van der Waals surface area contributed by atoms with Gasteiger partial charge in [-0.1, -0.05) is 48.5 Å². The Hall–Kier alpha value is -2.35. The molecule has 0 bridgehead atoms. The van der Waals surface area contributed by atoms with Gasteiger partial charge in [-0.05, 0) is 53.5 Å². The van der Waals surface area contributed by atoms with Crippen molar-refractivity contribution in [2.75, 3.05) is 0 Å². The van der Waals surface area contributed by atoms with E-state index < -0.39 is 5.97 Å². The molecule has 22 heavy (non-hydrogen) atoms. The van der Waals surface area contributed by atoms with Crippen molar-refractivity contribution in [3.63, 3.8) is 0 Å². The first kappa shape index (κ1) is 13.3. The normalized spacial score (nSPS) is 20.1. The number of hydrogen-bond acceptors (Lipinski definition) is 1. The first-order valence-electron chi connectivity index (χ1n) is 7.77. The van der Waals surface area contributed by atoms with E-state index in [1.165, 1.54) is 16.7 Å². The Morgan fingerprint density at radius 3 is 2.23 bits per heavy atom. The van der Waals surface area contributed by atoms with E-state index in [4.69, 9.17) is 0 Å². The highest BCUT2D eigenvalue weighted by Crippen LogP contribution is 2.49. The third kappa shape index (κ3) is 1.83. The second kappa shape index (κ2) is 4.84. The number of rotatable bonds is 2. The Bertz CT molecular complexity index is 776. The molecule has 0 amide bonds. The fraction of sp³-hybridized carbons (Fsp3) is 0.250. The summed E-state index contributed by atoms with van der Waals surface area (Å²) in [5, 5.41) is 9.75. The van der Waals surface area contributed by atoms with Gasteiger partial charge in [0, 0.05) is 11.5 Å². The molecule has 2 aromatic carbocycles. The van der Waals surface area contributed by atoms with Gasteiger partial charge in [0.15, 0.2) is 0 Å². The molecule has 1 unspecified atom stereocenters. The Morgan fingerprint density at radius 1 is 1.00 bits per heavy atom. The Morgan fingerprint density at radius 2 is 1.59 bits per heavy atom. The summed E-state index contributed by atoms with van der Waals surface area (Å²) in [6.45, 7) is 1.95. The summed E-state index contributed by atoms with van der Waals surface area (Å²) in [4.78, 5) is 11.9. The summed E-state index contributed by atoms with van der Waals surface area (Å²) in [6.07, 6.45) is 1.94. The number of allylic oxidation sites excluding steroid dienone is 1. The fourth-order valence-corrected chi connectivity index (χ4v) is 4.26. The van der Waals surface area contributed by atoms with Gasteiger partial charge in [-0.25, -0.2) is 4.79 Å². The SMILES string of the molecule is CC1=C(C(=O)O)C(C2Cc3ccccc3C2)c2ccccc21. The lowest BCUT2D eigenvalue weighted by Gasteiger charge is -2.21. The number of hydrogen-bond donors (Lipinski definition) is 1. The number of aliphatic carboxylic acids is 1. The van der Waals surface area contributed by atoms with Gasteiger partial charge in [0.05, 0.1) is 0 Å². The maximum absolute atomic E-state index is 11.9. The lowest BCUT2D eigenvalue weighted by atomic mass is 9.81. The molecule has 0 aromatic heterocycles. The van der Waals surface area contributed by atoms with Crippen molar-refractivity contribution in [1.82, 2.24) is 0 Å². The second-order valence-electron chi connectivity index (χ2n) is 6.35. The molecule has 110 valence electrons. The summed E-state index contributed by atoms with van der Waals surface area (Å²) in [7, 11) is 0. The van der Waals surface area contributed by atoms with Crippen LogP contribution in [0.4, 0.5) is 0 Å². The van der Waals surface area contributed by atoms with E-state index in [-0.39, 0.29) is 5.92 Å². The molecule has 2 aromatic rings. The Kier molecular flexibility index (Phi) is 2.93. The van der Waals surface area contributed by atoms with Gasteiger partial charge in [-0.2, -0.15) is 0 Å². The van der Waals surface area contributed by atoms with Crippen LogP contribution in [0.2, 0.25) is 0 Å². The predicted octanol–water partition coefficient (Wildman–Crippen LogP) is 4.06. The number of fused-ring (bicyclic) bond motifs is 2. The molecule has 2 heteroatoms. The molecule has 0 saturated carbocycles. The van der Waals surface area contributed by atoms with Gasteiger partial charge in [0.2, 0.25) is 0 Å². The zero-order valence-electron chi connectivity index (χ0n) is 12.5. The average Bonchev–Trinajstić information content (AvgIpc) is 3.06. The van der Waals surface area contributed by atoms with E-state index >= 15 is 0 Å². The molecule has 0 radical (unpaired) electrons. The highest BCUT2D eigenvalue weighted by atomic mass is 16.4. The van der Waals surface area contributed by atoms with E-state index in [1.807, 2.05) is 19.1 Å². The van der Waals surface area contributed by atoms with Gasteiger partial charge in [-0.15, -0.1) is 0 Å². The molecule has 1 N–H and O–H groups in total. The maximum Gasteiger partial charge on any atom is 0.332 e. The zero-order valence-corrected chi connectivity index (χ0v) is 12.5. The zero-order chi connectivity index (χ0) is 15.3. The molecule has 0 spiro atoms.